The molecule has 3 aromatic rings. The molecule has 1 atom stereocenters. The molecule has 2 aromatic carbocycles. The van der Waals surface area contributed by atoms with E-state index in [1.54, 1.807) is 24.0 Å². The van der Waals surface area contributed by atoms with Crippen molar-refractivity contribution in [1.82, 2.24) is 19.3 Å². The number of nitriles is 1. The summed E-state index contributed by atoms with van der Waals surface area (Å²) in [4.78, 5) is 20.4. The van der Waals surface area contributed by atoms with Crippen LogP contribution in [0.2, 0.25) is 0 Å². The van der Waals surface area contributed by atoms with E-state index in [-0.39, 0.29) is 16.6 Å². The number of benzene rings is 2. The van der Waals surface area contributed by atoms with E-state index < -0.39 is 16.1 Å². The fourth-order valence-electron chi connectivity index (χ4n) is 4.40. The first-order valence-corrected chi connectivity index (χ1v) is 12.9. The molecule has 5 rings (SSSR count). The minimum Gasteiger partial charge on any atom is -0.443 e. The van der Waals surface area contributed by atoms with E-state index in [0.29, 0.717) is 56.7 Å². The van der Waals surface area contributed by atoms with Gasteiger partial charge in [0.05, 0.1) is 17.0 Å². The van der Waals surface area contributed by atoms with Crippen LogP contribution < -0.4 is 4.90 Å². The topological polar surface area (TPSA) is 133 Å². The number of nitrogens with zero attached hydrogens (tertiary/aromatic N) is 6. The van der Waals surface area contributed by atoms with E-state index in [0.717, 1.165) is 5.56 Å². The van der Waals surface area contributed by atoms with Crippen LogP contribution in [0.4, 0.5) is 10.5 Å². The van der Waals surface area contributed by atoms with Crippen LogP contribution in [0.3, 0.4) is 0 Å². The number of hydrogen-bond donors (Lipinski definition) is 0. The number of piperazine rings is 1. The van der Waals surface area contributed by atoms with Gasteiger partial charge in [-0.05, 0) is 36.4 Å². The highest BCUT2D eigenvalue weighted by atomic mass is 32.2. The summed E-state index contributed by atoms with van der Waals surface area (Å²) in [7, 11) is -3.76. The molecule has 12 heteroatoms. The molecule has 1 unspecified atom stereocenters. The Hall–Kier alpha value is -3.79. The molecule has 2 saturated heterocycles. The largest absolute Gasteiger partial charge is 0.443 e. The molecule has 11 nitrogen and oxygen atoms in total. The van der Waals surface area contributed by atoms with E-state index >= 15 is 0 Å². The maximum atomic E-state index is 13.0. The molecule has 3 heterocycles. The third-order valence-electron chi connectivity index (χ3n) is 6.26. The maximum absolute atomic E-state index is 13.0. The molecule has 36 heavy (non-hydrogen) atoms. The molecule has 0 saturated carbocycles. The number of cyclic esters (lactones) is 1. The van der Waals surface area contributed by atoms with E-state index in [1.807, 2.05) is 30.3 Å². The molecular formula is C24H24N6O5S. The van der Waals surface area contributed by atoms with Crippen molar-refractivity contribution in [3.8, 4) is 17.5 Å². The Morgan fingerprint density at radius 2 is 1.81 bits per heavy atom. The van der Waals surface area contributed by atoms with Gasteiger partial charge in [-0.15, -0.1) is 0 Å². The lowest BCUT2D eigenvalue weighted by molar-refractivity contribution is 0.0937. The predicted molar refractivity (Wildman–Crippen MR) is 128 cm³/mol. The van der Waals surface area contributed by atoms with Crippen LogP contribution in [-0.4, -0.2) is 79.2 Å². The summed E-state index contributed by atoms with van der Waals surface area (Å²) in [5.74, 6) is 0.962. The number of amides is 1. The lowest BCUT2D eigenvalue weighted by Crippen LogP contribution is -2.50. The Kier molecular flexibility index (Phi) is 6.44. The normalized spacial score (nSPS) is 19.3. The zero-order chi connectivity index (χ0) is 25.3. The highest BCUT2D eigenvalue weighted by Crippen LogP contribution is 2.26. The van der Waals surface area contributed by atoms with Crippen molar-refractivity contribution < 1.29 is 22.5 Å². The first kappa shape index (κ1) is 23.9. The summed E-state index contributed by atoms with van der Waals surface area (Å²) in [6, 6.07) is 15.4. The first-order chi connectivity index (χ1) is 17.3. The van der Waals surface area contributed by atoms with Crippen LogP contribution in [0.1, 0.15) is 11.5 Å². The smallest absolute Gasteiger partial charge is 0.414 e. The van der Waals surface area contributed by atoms with Gasteiger partial charge in [0.25, 0.3) is 0 Å². The second-order valence-electron chi connectivity index (χ2n) is 8.61. The van der Waals surface area contributed by atoms with Crippen molar-refractivity contribution in [1.29, 1.82) is 5.26 Å². The van der Waals surface area contributed by atoms with Crippen molar-refractivity contribution in [3.63, 3.8) is 0 Å². The maximum Gasteiger partial charge on any atom is 0.414 e. The SMILES string of the molecule is Cc1nc(-c2ccc(N3CC(CN4CCN(S(=O)(=O)c5ccccc5C#N)CC4)OC3=O)cc2)no1. The first-order valence-electron chi connectivity index (χ1n) is 11.5. The standard InChI is InChI=1S/C24H24N6O5S/c1-17-26-23(27-35-17)18-6-8-20(9-7-18)30-16-21(34-24(30)31)15-28-10-12-29(13-11-28)36(32,33)22-5-3-2-4-19(22)14-25/h2-9,21H,10-13,15-16H2,1H3. The molecule has 1 aromatic heterocycles. The molecule has 2 aliphatic rings. The molecule has 0 bridgehead atoms. The highest BCUT2D eigenvalue weighted by Gasteiger charge is 2.36. The van der Waals surface area contributed by atoms with Gasteiger partial charge in [0.1, 0.15) is 12.2 Å². The van der Waals surface area contributed by atoms with Crippen molar-refractivity contribution in [2.45, 2.75) is 17.9 Å². The molecule has 0 spiro atoms. The number of carbonyl (C=O) groups is 1. The third kappa shape index (κ3) is 4.68. The van der Waals surface area contributed by atoms with Gasteiger partial charge in [-0.25, -0.2) is 13.2 Å². The second-order valence-corrected chi connectivity index (χ2v) is 10.5. The number of hydrogen-bond acceptors (Lipinski definition) is 9. The Bertz CT molecular complexity index is 1410. The van der Waals surface area contributed by atoms with E-state index in [1.165, 1.54) is 16.4 Å². The van der Waals surface area contributed by atoms with Crippen molar-refractivity contribution >= 4 is 21.8 Å². The molecule has 2 aliphatic heterocycles. The Morgan fingerprint density at radius 3 is 2.47 bits per heavy atom. The lowest BCUT2D eigenvalue weighted by Gasteiger charge is -2.34. The van der Waals surface area contributed by atoms with Crippen molar-refractivity contribution in [2.24, 2.45) is 0 Å². The number of carbonyl (C=O) groups excluding carboxylic acids is 1. The number of anilines is 1. The highest BCUT2D eigenvalue weighted by molar-refractivity contribution is 7.89. The fraction of sp³-hybridized carbons (Fsp3) is 0.333. The average molecular weight is 509 g/mol. The zero-order valence-electron chi connectivity index (χ0n) is 19.6. The summed E-state index contributed by atoms with van der Waals surface area (Å²) in [5.41, 5.74) is 1.63. The summed E-state index contributed by atoms with van der Waals surface area (Å²) in [6.45, 7) is 4.21. The molecule has 1 amide bonds. The van der Waals surface area contributed by atoms with Gasteiger partial charge in [-0.3, -0.25) is 9.80 Å². The lowest BCUT2D eigenvalue weighted by atomic mass is 10.2. The predicted octanol–water partition coefficient (Wildman–Crippen LogP) is 2.25. The van der Waals surface area contributed by atoms with Crippen LogP contribution in [0.25, 0.3) is 11.4 Å². The van der Waals surface area contributed by atoms with Gasteiger partial charge < -0.3 is 9.26 Å². The van der Waals surface area contributed by atoms with Crippen molar-refractivity contribution in [3.05, 3.63) is 60.0 Å². The Morgan fingerprint density at radius 1 is 1.08 bits per heavy atom. The van der Waals surface area contributed by atoms with Crippen LogP contribution in [0.15, 0.2) is 57.9 Å². The van der Waals surface area contributed by atoms with Crippen LogP contribution in [-0.2, 0) is 14.8 Å². The quantitative estimate of drug-likeness (QED) is 0.491. The summed E-state index contributed by atoms with van der Waals surface area (Å²) >= 11 is 0. The van der Waals surface area contributed by atoms with Gasteiger partial charge in [0.2, 0.25) is 21.7 Å². The molecule has 2 fully saturated rings. The van der Waals surface area contributed by atoms with Gasteiger partial charge in [-0.2, -0.15) is 14.6 Å². The van der Waals surface area contributed by atoms with Gasteiger partial charge in [0.15, 0.2) is 0 Å². The van der Waals surface area contributed by atoms with E-state index in [4.69, 9.17) is 9.26 Å². The summed E-state index contributed by atoms with van der Waals surface area (Å²) in [6.07, 6.45) is -0.753. The number of aryl methyl sites for hydroxylation is 1. The number of ether oxygens (including phenoxy) is 1. The van der Waals surface area contributed by atoms with E-state index in [9.17, 15) is 18.5 Å². The Labute approximate surface area is 208 Å². The van der Waals surface area contributed by atoms with Crippen molar-refractivity contribution in [2.75, 3.05) is 44.2 Å². The van der Waals surface area contributed by atoms with Crippen LogP contribution >= 0.6 is 0 Å². The third-order valence-corrected chi connectivity index (χ3v) is 8.21. The molecule has 0 aliphatic carbocycles. The summed E-state index contributed by atoms with van der Waals surface area (Å²) in [5, 5.41) is 13.2. The summed E-state index contributed by atoms with van der Waals surface area (Å²) < 4.78 is 38.1. The number of sulfonamides is 1. The van der Waals surface area contributed by atoms with Crippen LogP contribution in [0, 0.1) is 18.3 Å². The number of rotatable bonds is 6. The molecule has 186 valence electrons. The minimum absolute atomic E-state index is 0.0294. The molecule has 0 N–H and O–H groups in total. The monoisotopic (exact) mass is 508 g/mol. The minimum atomic E-state index is -3.76. The van der Waals surface area contributed by atoms with Gasteiger partial charge in [0, 0.05) is 50.9 Å². The van der Waals surface area contributed by atoms with Gasteiger partial charge >= 0.3 is 6.09 Å². The number of aromatic nitrogens is 2. The zero-order valence-corrected chi connectivity index (χ0v) is 20.4. The molecular weight excluding hydrogens is 484 g/mol. The van der Waals surface area contributed by atoms with Crippen LogP contribution in [0.5, 0.6) is 0 Å². The average Bonchev–Trinajstić information content (AvgIpc) is 3.49. The Balaban J connectivity index is 1.17. The second kappa shape index (κ2) is 9.69. The molecule has 0 radical (unpaired) electrons. The van der Waals surface area contributed by atoms with E-state index in [2.05, 4.69) is 15.0 Å². The fourth-order valence-corrected chi connectivity index (χ4v) is 5.96. The van der Waals surface area contributed by atoms with Gasteiger partial charge in [-0.1, -0.05) is 17.3 Å².